The minimum Gasteiger partial charge on any atom is -0.496 e. The zero-order chi connectivity index (χ0) is 66.3. The lowest BCUT2D eigenvalue weighted by Crippen LogP contribution is -2.45. The number of anilines is 4. The minimum absolute atomic E-state index is 0.0328. The van der Waals surface area contributed by atoms with Crippen LogP contribution in [0.25, 0.3) is 0 Å². The van der Waals surface area contributed by atoms with E-state index in [4.69, 9.17) is 47.6 Å². The lowest BCUT2D eigenvalue weighted by molar-refractivity contribution is -0.140. The maximum atomic E-state index is 14.4. The van der Waals surface area contributed by atoms with E-state index in [1.54, 1.807) is 19.9 Å². The van der Waals surface area contributed by atoms with E-state index in [2.05, 4.69) is 42.5 Å². The van der Waals surface area contributed by atoms with Crippen molar-refractivity contribution >= 4 is 76.0 Å². The number of hydrogen-bond donors (Lipinski definition) is 14. The van der Waals surface area contributed by atoms with Crippen LogP contribution in [-0.4, -0.2) is 143 Å². The van der Waals surface area contributed by atoms with Gasteiger partial charge in [-0.15, -0.1) is 0 Å². The SMILES string of the molecule is COc1ccc(NC(=O)[C@H](CCCCCN)NC(=O)c2cc(NC(=O)[C@H](CCCCCN)NC(=O)c3cc(NC(=O)[C@@H](N)CCCCN)ccc3OC)ccc2OC)cc1C(=O)N[C@@H](CCCCN)C(=O)Nc1ccc(OC)c(C(=O)N[C@H](C(=O)O)C(C)C)c1. The fourth-order valence-corrected chi connectivity index (χ4v) is 9.49. The predicted octanol–water partition coefficient (Wildman–Crippen LogP) is 4.33. The fourth-order valence-electron chi connectivity index (χ4n) is 9.49. The number of nitrogens with one attached hydrogen (secondary N) is 8. The monoisotopic (exact) mass is 1250 g/mol. The number of carboxylic acids is 1. The molecule has 0 bridgehead atoms. The first kappa shape index (κ1) is 73.6. The number of amides is 8. The number of hydrogen-bond acceptors (Lipinski definition) is 18. The van der Waals surface area contributed by atoms with E-state index in [0.717, 1.165) is 0 Å². The maximum Gasteiger partial charge on any atom is 0.326 e. The van der Waals surface area contributed by atoms with E-state index in [1.807, 2.05) is 0 Å². The average molecular weight is 1250 g/mol. The first-order valence-electron chi connectivity index (χ1n) is 30.1. The van der Waals surface area contributed by atoms with Gasteiger partial charge in [0.05, 0.1) is 56.7 Å². The molecule has 492 valence electrons. The van der Waals surface area contributed by atoms with E-state index in [9.17, 15) is 48.3 Å². The molecule has 4 rings (SSSR count). The van der Waals surface area contributed by atoms with Gasteiger partial charge in [0.15, 0.2) is 0 Å². The Morgan fingerprint density at radius 2 is 0.656 bits per heavy atom. The largest absolute Gasteiger partial charge is 0.496 e. The number of rotatable bonds is 40. The van der Waals surface area contributed by atoms with Gasteiger partial charge in [0.25, 0.3) is 23.6 Å². The van der Waals surface area contributed by atoms with Gasteiger partial charge in [-0.3, -0.25) is 38.4 Å². The number of aliphatic carboxylic acids is 1. The first-order valence-corrected chi connectivity index (χ1v) is 30.1. The molecule has 0 radical (unpaired) electrons. The van der Waals surface area contributed by atoms with Gasteiger partial charge in [0.1, 0.15) is 47.2 Å². The molecule has 0 fully saturated rings. The summed E-state index contributed by atoms with van der Waals surface area (Å²) in [6, 6.07) is 11.9. The molecule has 5 atom stereocenters. The van der Waals surface area contributed by atoms with Crippen molar-refractivity contribution in [3.8, 4) is 23.0 Å². The van der Waals surface area contributed by atoms with Crippen molar-refractivity contribution in [3.63, 3.8) is 0 Å². The van der Waals surface area contributed by atoms with Crippen LogP contribution in [0, 0.1) is 5.92 Å². The molecular weight excluding hydrogens is 1160 g/mol. The summed E-state index contributed by atoms with van der Waals surface area (Å²) in [7, 11) is 5.40. The molecule has 0 aromatic heterocycles. The molecule has 0 saturated carbocycles. The zero-order valence-corrected chi connectivity index (χ0v) is 52.3. The van der Waals surface area contributed by atoms with E-state index in [-0.39, 0.29) is 87.3 Å². The van der Waals surface area contributed by atoms with Crippen molar-refractivity contribution in [3.05, 3.63) is 95.1 Å². The lowest BCUT2D eigenvalue weighted by Gasteiger charge is -2.22. The number of benzene rings is 4. The molecule has 4 aromatic rings. The van der Waals surface area contributed by atoms with E-state index in [1.165, 1.54) is 95.2 Å². The molecule has 0 aliphatic rings. The summed E-state index contributed by atoms with van der Waals surface area (Å²) in [6.45, 7) is 4.87. The highest BCUT2D eigenvalue weighted by Gasteiger charge is 2.30. The Kier molecular flexibility index (Phi) is 31.5. The van der Waals surface area contributed by atoms with Crippen LogP contribution in [0.5, 0.6) is 23.0 Å². The summed E-state index contributed by atoms with van der Waals surface area (Å²) in [4.78, 5) is 123. The van der Waals surface area contributed by atoms with Crippen molar-refractivity contribution in [2.24, 2.45) is 34.6 Å². The molecule has 27 nitrogen and oxygen atoms in total. The third-order valence-corrected chi connectivity index (χ3v) is 14.6. The Balaban J connectivity index is 1.58. The van der Waals surface area contributed by atoms with E-state index < -0.39 is 89.4 Å². The van der Waals surface area contributed by atoms with Crippen LogP contribution >= 0.6 is 0 Å². The van der Waals surface area contributed by atoms with Crippen molar-refractivity contribution in [2.45, 2.75) is 134 Å². The van der Waals surface area contributed by atoms with Crippen molar-refractivity contribution in [1.82, 2.24) is 21.3 Å². The summed E-state index contributed by atoms with van der Waals surface area (Å²) in [6.07, 6.45) is 6.77. The normalized spacial score (nSPS) is 12.6. The fraction of sp³-hybridized carbons (Fsp3) is 0.476. The van der Waals surface area contributed by atoms with E-state index in [0.29, 0.717) is 96.8 Å². The van der Waals surface area contributed by atoms with Gasteiger partial charge < -0.3 is 95.3 Å². The van der Waals surface area contributed by atoms with Gasteiger partial charge in [-0.1, -0.05) is 46.0 Å². The number of ether oxygens (including phenoxy) is 4. The second-order valence-corrected chi connectivity index (χ2v) is 21.7. The number of carboxylic acid groups (broad SMARTS) is 1. The van der Waals surface area contributed by atoms with Crippen molar-refractivity contribution < 1.29 is 67.2 Å². The van der Waals surface area contributed by atoms with Crippen LogP contribution in [0.3, 0.4) is 0 Å². The summed E-state index contributed by atoms with van der Waals surface area (Å²) in [5.74, 6) is -6.53. The molecule has 0 saturated heterocycles. The average Bonchev–Trinajstić information content (AvgIpc) is 1.62. The lowest BCUT2D eigenvalue weighted by atomic mass is 10.0. The van der Waals surface area contributed by atoms with Gasteiger partial charge in [-0.2, -0.15) is 0 Å². The van der Waals surface area contributed by atoms with Gasteiger partial charge in [-0.25, -0.2) is 4.79 Å². The highest BCUT2D eigenvalue weighted by molar-refractivity contribution is 6.08. The standard InChI is InChI=1S/C63H91N13O14/c1-37(2)54(63(85)86)76-58(80)45-36-41(24-28-53(45)90-6)72-62(84)49(20-12-16-32-67)75-57(79)44-35-40(23-27-52(44)89-5)71-61(83)48(19-10-8-14-30-65)74-56(78)43-34-39(22-26-51(43)88-4)70-60(82)47(18-9-7-13-29-64)73-55(77)42-33-38(21-25-50(42)87-3)69-59(81)46(68)17-11-15-31-66/h21-28,33-37,46-49,54H,7-20,29-32,64-68H2,1-6H3,(H,69,81)(H,70,82)(H,71,83)(H,72,84)(H,73,77)(H,74,78)(H,75,79)(H,76,80)(H,85,86)/t46-,47-,48-,49-,54-/m0/s1. The van der Waals surface area contributed by atoms with Crippen LogP contribution in [0.4, 0.5) is 22.7 Å². The number of carbonyl (C=O) groups excluding carboxylic acids is 8. The highest BCUT2D eigenvalue weighted by Crippen LogP contribution is 2.29. The summed E-state index contributed by atoms with van der Waals surface area (Å²) < 4.78 is 22.0. The van der Waals surface area contributed by atoms with E-state index >= 15 is 0 Å². The highest BCUT2D eigenvalue weighted by atomic mass is 16.5. The summed E-state index contributed by atoms with van der Waals surface area (Å²) >= 11 is 0. The zero-order valence-electron chi connectivity index (χ0n) is 52.3. The van der Waals surface area contributed by atoms with Crippen LogP contribution in [0.15, 0.2) is 72.8 Å². The van der Waals surface area contributed by atoms with Crippen molar-refractivity contribution in [2.75, 3.05) is 75.9 Å². The Labute approximate surface area is 525 Å². The Morgan fingerprint density at radius 3 is 0.933 bits per heavy atom. The van der Waals surface area contributed by atoms with Gasteiger partial charge in [0.2, 0.25) is 23.6 Å². The quantitative estimate of drug-likeness (QED) is 0.0276. The van der Waals surface area contributed by atoms with Gasteiger partial charge >= 0.3 is 5.97 Å². The molecule has 19 N–H and O–H groups in total. The molecule has 0 unspecified atom stereocenters. The molecule has 0 aliphatic carbocycles. The Morgan fingerprint density at radius 1 is 0.389 bits per heavy atom. The smallest absolute Gasteiger partial charge is 0.326 e. The van der Waals surface area contributed by atoms with Crippen molar-refractivity contribution in [1.29, 1.82) is 0 Å². The van der Waals surface area contributed by atoms with Crippen LogP contribution in [-0.2, 0) is 24.0 Å². The van der Waals surface area contributed by atoms with Crippen LogP contribution in [0.1, 0.15) is 145 Å². The molecule has 8 amide bonds. The molecule has 0 spiro atoms. The Bertz CT molecular complexity index is 3070. The van der Waals surface area contributed by atoms with Crippen LogP contribution in [0.2, 0.25) is 0 Å². The molecule has 0 heterocycles. The van der Waals surface area contributed by atoms with Gasteiger partial charge in [-0.05, 0) is 163 Å². The molecule has 0 aliphatic heterocycles. The van der Waals surface area contributed by atoms with Crippen LogP contribution < -0.4 is 90.2 Å². The summed E-state index contributed by atoms with van der Waals surface area (Å²) in [5, 5.41) is 31.6. The molecule has 90 heavy (non-hydrogen) atoms. The third-order valence-electron chi connectivity index (χ3n) is 14.6. The second kappa shape index (κ2) is 38.5. The minimum atomic E-state index is -1.23. The molecule has 27 heteroatoms. The molecular formula is C63H91N13O14. The third kappa shape index (κ3) is 22.9. The number of nitrogens with two attached hydrogens (primary N) is 5. The Hall–Kier alpha value is -8.89. The van der Waals surface area contributed by atoms with Gasteiger partial charge in [0, 0.05) is 22.7 Å². The number of unbranched alkanes of at least 4 members (excludes halogenated alkanes) is 6. The second-order valence-electron chi connectivity index (χ2n) is 21.7. The maximum absolute atomic E-state index is 14.4. The number of methoxy groups -OCH3 is 4. The summed E-state index contributed by atoms with van der Waals surface area (Å²) in [5.41, 5.74) is 29.6. The topological polar surface area (TPSA) is 437 Å². The molecule has 4 aromatic carbocycles. The first-order chi connectivity index (χ1) is 43.2. The predicted molar refractivity (Wildman–Crippen MR) is 343 cm³/mol. The number of carbonyl (C=O) groups is 9.